The number of halogens is 2. The molecule has 0 spiro atoms. The van der Waals surface area contributed by atoms with E-state index in [1.165, 1.54) is 34.4 Å². The van der Waals surface area contributed by atoms with Crippen molar-refractivity contribution in [3.8, 4) is 11.5 Å². The lowest BCUT2D eigenvalue weighted by Crippen LogP contribution is -2.28. The number of ether oxygens (including phenoxy) is 1. The van der Waals surface area contributed by atoms with Crippen molar-refractivity contribution in [3.63, 3.8) is 0 Å². The molecule has 0 bridgehead atoms. The number of carbonyl (C=O) groups is 2. The zero-order valence-corrected chi connectivity index (χ0v) is 18.2. The Hall–Kier alpha value is -3.72. The quantitative estimate of drug-likeness (QED) is 0.308. The molecule has 6 nitrogen and oxygen atoms in total. The van der Waals surface area contributed by atoms with Crippen LogP contribution < -0.4 is 4.74 Å². The van der Waals surface area contributed by atoms with E-state index in [0.717, 1.165) is 23.1 Å². The molecule has 1 fully saturated rings. The standard InChI is InChI=1S/C24H19F2NO5S/c1-2-32-19-11-13(6-8-18(19)28)21-20(22(29)14-5-7-16(25)17(26)10-14)23(30)24(31)27(21)12-15-4-3-9-33-15/h3-11,21,28-29H,2,12H2,1H3/b22-20+. The van der Waals surface area contributed by atoms with Gasteiger partial charge in [0.05, 0.1) is 24.8 Å². The topological polar surface area (TPSA) is 87.1 Å². The van der Waals surface area contributed by atoms with Gasteiger partial charge in [0.2, 0.25) is 0 Å². The van der Waals surface area contributed by atoms with Crippen LogP contribution in [0.1, 0.15) is 29.0 Å². The van der Waals surface area contributed by atoms with Crippen molar-refractivity contribution in [2.24, 2.45) is 0 Å². The first-order valence-electron chi connectivity index (χ1n) is 10.0. The molecule has 1 unspecified atom stereocenters. The van der Waals surface area contributed by atoms with E-state index in [2.05, 4.69) is 0 Å². The number of phenolic OH excluding ortho intramolecular Hbond substituents is 1. The van der Waals surface area contributed by atoms with E-state index in [1.807, 2.05) is 5.38 Å². The van der Waals surface area contributed by atoms with E-state index in [-0.39, 0.29) is 35.8 Å². The fourth-order valence-corrected chi connectivity index (χ4v) is 4.43. The van der Waals surface area contributed by atoms with Crippen LogP contribution in [0.25, 0.3) is 5.76 Å². The Kier molecular flexibility index (Phi) is 6.15. The zero-order chi connectivity index (χ0) is 23.7. The Labute approximate surface area is 192 Å². The van der Waals surface area contributed by atoms with Crippen molar-refractivity contribution >= 4 is 28.8 Å². The van der Waals surface area contributed by atoms with E-state index >= 15 is 0 Å². The second kappa shape index (κ2) is 9.03. The van der Waals surface area contributed by atoms with Crippen molar-refractivity contribution in [1.29, 1.82) is 0 Å². The number of aromatic hydroxyl groups is 1. The summed E-state index contributed by atoms with van der Waals surface area (Å²) in [5, 5.41) is 22.9. The number of benzene rings is 2. The van der Waals surface area contributed by atoms with Crippen LogP contribution in [0, 0.1) is 11.6 Å². The maximum atomic E-state index is 13.8. The Bertz CT molecular complexity index is 1260. The highest BCUT2D eigenvalue weighted by atomic mass is 32.1. The van der Waals surface area contributed by atoms with Crippen LogP contribution in [0.5, 0.6) is 11.5 Å². The molecule has 0 saturated carbocycles. The van der Waals surface area contributed by atoms with Crippen LogP contribution in [0.4, 0.5) is 8.78 Å². The van der Waals surface area contributed by atoms with E-state index in [0.29, 0.717) is 5.56 Å². The normalized spacial score (nSPS) is 17.5. The number of aliphatic hydroxyl groups is 1. The molecule has 1 aliphatic rings. The van der Waals surface area contributed by atoms with Gasteiger partial charge in [0.1, 0.15) is 5.76 Å². The van der Waals surface area contributed by atoms with Crippen LogP contribution >= 0.6 is 11.3 Å². The molecule has 9 heteroatoms. The van der Waals surface area contributed by atoms with E-state index in [9.17, 15) is 28.6 Å². The summed E-state index contributed by atoms with van der Waals surface area (Å²) < 4.78 is 32.7. The first-order chi connectivity index (χ1) is 15.8. The number of likely N-dealkylation sites (tertiary alicyclic amines) is 1. The Morgan fingerprint density at radius 1 is 1.12 bits per heavy atom. The smallest absolute Gasteiger partial charge is 0.295 e. The van der Waals surface area contributed by atoms with Gasteiger partial charge in [0.25, 0.3) is 11.7 Å². The predicted octanol–water partition coefficient (Wildman–Crippen LogP) is 4.75. The molecule has 1 aliphatic heterocycles. The molecule has 4 rings (SSSR count). The van der Waals surface area contributed by atoms with E-state index in [1.54, 1.807) is 19.1 Å². The number of hydrogen-bond donors (Lipinski definition) is 2. The Morgan fingerprint density at radius 3 is 2.58 bits per heavy atom. The van der Waals surface area contributed by atoms with Crippen molar-refractivity contribution < 1.29 is 33.3 Å². The van der Waals surface area contributed by atoms with Crippen molar-refractivity contribution in [1.82, 2.24) is 4.90 Å². The Balaban J connectivity index is 1.90. The summed E-state index contributed by atoms with van der Waals surface area (Å²) in [6.07, 6.45) is 0. The highest BCUT2D eigenvalue weighted by molar-refractivity contribution is 7.09. The van der Waals surface area contributed by atoms with E-state index < -0.39 is 35.1 Å². The molecule has 0 aliphatic carbocycles. The summed E-state index contributed by atoms with van der Waals surface area (Å²) in [6.45, 7) is 2.09. The summed E-state index contributed by atoms with van der Waals surface area (Å²) in [6, 6.07) is 9.64. The molecule has 170 valence electrons. The molecule has 1 amide bonds. The molecule has 33 heavy (non-hydrogen) atoms. The van der Waals surface area contributed by atoms with Gasteiger partial charge in [-0.2, -0.15) is 0 Å². The number of ketones is 1. The summed E-state index contributed by atoms with van der Waals surface area (Å²) in [5.74, 6) is -4.72. The number of nitrogens with zero attached hydrogens (tertiary/aromatic N) is 1. The first kappa shape index (κ1) is 22.5. The minimum Gasteiger partial charge on any atom is -0.507 e. The summed E-state index contributed by atoms with van der Waals surface area (Å²) in [4.78, 5) is 28.1. The third-order valence-corrected chi connectivity index (χ3v) is 6.10. The molecule has 2 heterocycles. The molecule has 1 saturated heterocycles. The third kappa shape index (κ3) is 4.19. The largest absolute Gasteiger partial charge is 0.507 e. The molecule has 2 aromatic carbocycles. The first-order valence-corrected chi connectivity index (χ1v) is 10.9. The average Bonchev–Trinajstić information content (AvgIpc) is 3.39. The fourth-order valence-electron chi connectivity index (χ4n) is 3.73. The van der Waals surface area contributed by atoms with Crippen LogP contribution in [0.15, 0.2) is 59.5 Å². The lowest BCUT2D eigenvalue weighted by molar-refractivity contribution is -0.140. The summed E-state index contributed by atoms with van der Waals surface area (Å²) in [5.41, 5.74) is -0.0105. The number of amides is 1. The molecule has 1 aromatic heterocycles. The molecule has 0 radical (unpaired) electrons. The highest BCUT2D eigenvalue weighted by Crippen LogP contribution is 2.42. The average molecular weight is 471 g/mol. The third-order valence-electron chi connectivity index (χ3n) is 5.24. The number of Topliss-reactive ketones (excluding diaryl/α,β-unsaturated/α-hetero) is 1. The lowest BCUT2D eigenvalue weighted by Gasteiger charge is -2.25. The van der Waals surface area contributed by atoms with Gasteiger partial charge in [-0.1, -0.05) is 12.1 Å². The van der Waals surface area contributed by atoms with Crippen LogP contribution in [0.3, 0.4) is 0 Å². The zero-order valence-electron chi connectivity index (χ0n) is 17.4. The number of thiophene rings is 1. The highest BCUT2D eigenvalue weighted by Gasteiger charge is 2.46. The van der Waals surface area contributed by atoms with Crippen LogP contribution in [0.2, 0.25) is 0 Å². The van der Waals surface area contributed by atoms with Gasteiger partial charge in [-0.05, 0) is 54.3 Å². The van der Waals surface area contributed by atoms with Gasteiger partial charge < -0.3 is 19.8 Å². The number of aliphatic hydroxyl groups excluding tert-OH is 1. The number of rotatable bonds is 6. The van der Waals surface area contributed by atoms with Gasteiger partial charge >= 0.3 is 0 Å². The van der Waals surface area contributed by atoms with Crippen molar-refractivity contribution in [2.75, 3.05) is 6.61 Å². The number of carbonyl (C=O) groups excluding carboxylic acids is 2. The molecular weight excluding hydrogens is 452 g/mol. The predicted molar refractivity (Wildman–Crippen MR) is 118 cm³/mol. The number of hydrogen-bond acceptors (Lipinski definition) is 6. The van der Waals surface area contributed by atoms with Crippen LogP contribution in [-0.2, 0) is 16.1 Å². The summed E-state index contributed by atoms with van der Waals surface area (Å²) >= 11 is 1.39. The fraction of sp³-hybridized carbons (Fsp3) is 0.167. The molecule has 2 N–H and O–H groups in total. The maximum absolute atomic E-state index is 13.8. The van der Waals surface area contributed by atoms with Crippen molar-refractivity contribution in [3.05, 3.63) is 87.1 Å². The van der Waals surface area contributed by atoms with Crippen LogP contribution in [-0.4, -0.2) is 33.4 Å². The monoisotopic (exact) mass is 471 g/mol. The van der Waals surface area contributed by atoms with Gasteiger partial charge in [0.15, 0.2) is 23.1 Å². The summed E-state index contributed by atoms with van der Waals surface area (Å²) in [7, 11) is 0. The Morgan fingerprint density at radius 2 is 1.91 bits per heavy atom. The number of phenols is 1. The maximum Gasteiger partial charge on any atom is 0.295 e. The van der Waals surface area contributed by atoms with Gasteiger partial charge in [-0.15, -0.1) is 11.3 Å². The molecule has 3 aromatic rings. The molecular formula is C24H19F2NO5S. The lowest BCUT2D eigenvalue weighted by atomic mass is 9.95. The molecule has 1 atom stereocenters. The minimum absolute atomic E-state index is 0.0896. The second-order valence-corrected chi connectivity index (χ2v) is 8.33. The minimum atomic E-state index is -1.20. The van der Waals surface area contributed by atoms with Gasteiger partial charge in [-0.25, -0.2) is 8.78 Å². The van der Waals surface area contributed by atoms with E-state index in [4.69, 9.17) is 4.74 Å². The second-order valence-electron chi connectivity index (χ2n) is 7.30. The van der Waals surface area contributed by atoms with Crippen molar-refractivity contribution in [2.45, 2.75) is 19.5 Å². The SMILES string of the molecule is CCOc1cc(C2/C(=C(\O)c3ccc(F)c(F)c3)C(=O)C(=O)N2Cc2cccs2)ccc1O. The van der Waals surface area contributed by atoms with Gasteiger partial charge in [0, 0.05) is 10.4 Å². The van der Waals surface area contributed by atoms with Gasteiger partial charge in [-0.3, -0.25) is 9.59 Å².